The average molecular weight is 423 g/mol. The summed E-state index contributed by atoms with van der Waals surface area (Å²) in [5.41, 5.74) is -0.962. The van der Waals surface area contributed by atoms with Crippen molar-refractivity contribution in [2.24, 2.45) is 0 Å². The van der Waals surface area contributed by atoms with Crippen LogP contribution >= 0.6 is 0 Å². The molecule has 9 heteroatoms. The van der Waals surface area contributed by atoms with Crippen LogP contribution in [0.3, 0.4) is 0 Å². The maximum Gasteiger partial charge on any atom is 0.273 e. The van der Waals surface area contributed by atoms with Crippen LogP contribution in [0.5, 0.6) is 11.5 Å². The summed E-state index contributed by atoms with van der Waals surface area (Å²) in [6.07, 6.45) is 1.45. The SMILES string of the molecule is COc1ccc(-n2c(=O)c(C(=O)Nc3ccc(F)c(F)c3)c(O)c3cccnc32)cc1. The van der Waals surface area contributed by atoms with Gasteiger partial charge in [0.05, 0.1) is 18.2 Å². The second-order valence-corrected chi connectivity index (χ2v) is 6.52. The van der Waals surface area contributed by atoms with Crippen molar-refractivity contribution in [2.75, 3.05) is 12.4 Å². The Hall–Kier alpha value is -4.27. The lowest BCUT2D eigenvalue weighted by Gasteiger charge is -2.14. The summed E-state index contributed by atoms with van der Waals surface area (Å²) in [4.78, 5) is 30.3. The Morgan fingerprint density at radius 1 is 1.10 bits per heavy atom. The topological polar surface area (TPSA) is 93.5 Å². The Balaban J connectivity index is 1.90. The lowest BCUT2D eigenvalue weighted by Crippen LogP contribution is -2.29. The zero-order chi connectivity index (χ0) is 22.1. The number of nitrogens with one attached hydrogen (secondary N) is 1. The molecule has 0 aliphatic carbocycles. The minimum absolute atomic E-state index is 0.0787. The van der Waals surface area contributed by atoms with E-state index in [-0.39, 0.29) is 16.7 Å². The van der Waals surface area contributed by atoms with Gasteiger partial charge in [0, 0.05) is 18.0 Å². The van der Waals surface area contributed by atoms with Crippen molar-refractivity contribution in [3.8, 4) is 17.2 Å². The van der Waals surface area contributed by atoms with E-state index in [0.717, 1.165) is 18.2 Å². The Kier molecular flexibility index (Phi) is 5.08. The zero-order valence-corrected chi connectivity index (χ0v) is 16.1. The average Bonchev–Trinajstić information content (AvgIpc) is 2.77. The number of pyridine rings is 2. The van der Waals surface area contributed by atoms with Crippen LogP contribution in [0.4, 0.5) is 14.5 Å². The van der Waals surface area contributed by atoms with Crippen molar-refractivity contribution < 1.29 is 23.4 Å². The van der Waals surface area contributed by atoms with E-state index in [0.29, 0.717) is 11.4 Å². The molecule has 4 aromatic rings. The highest BCUT2D eigenvalue weighted by Gasteiger charge is 2.24. The third-order valence-corrected chi connectivity index (χ3v) is 4.64. The van der Waals surface area contributed by atoms with Crippen molar-refractivity contribution in [1.82, 2.24) is 9.55 Å². The van der Waals surface area contributed by atoms with E-state index in [9.17, 15) is 23.5 Å². The first-order chi connectivity index (χ1) is 14.9. The first kappa shape index (κ1) is 20.0. The number of ether oxygens (including phenoxy) is 1. The van der Waals surface area contributed by atoms with Crippen LogP contribution in [0.15, 0.2) is 65.6 Å². The molecule has 7 nitrogen and oxygen atoms in total. The molecule has 0 atom stereocenters. The van der Waals surface area contributed by atoms with E-state index in [1.165, 1.54) is 23.9 Å². The number of hydrogen-bond donors (Lipinski definition) is 2. The minimum atomic E-state index is -1.17. The van der Waals surface area contributed by atoms with Crippen molar-refractivity contribution in [2.45, 2.75) is 0 Å². The number of hydrogen-bond acceptors (Lipinski definition) is 5. The van der Waals surface area contributed by atoms with Gasteiger partial charge in [0.1, 0.15) is 17.1 Å². The normalized spacial score (nSPS) is 10.8. The number of amides is 1. The number of halogens is 2. The number of rotatable bonds is 4. The van der Waals surface area contributed by atoms with Gasteiger partial charge in [-0.3, -0.25) is 14.2 Å². The number of carbonyl (C=O) groups excluding carboxylic acids is 1. The molecule has 2 N–H and O–H groups in total. The van der Waals surface area contributed by atoms with E-state index >= 15 is 0 Å². The predicted molar refractivity (Wildman–Crippen MR) is 110 cm³/mol. The number of nitrogens with zero attached hydrogens (tertiary/aromatic N) is 2. The minimum Gasteiger partial charge on any atom is -0.506 e. The number of aromatic hydroxyl groups is 1. The highest BCUT2D eigenvalue weighted by atomic mass is 19.2. The molecule has 2 aromatic carbocycles. The van der Waals surface area contributed by atoms with Gasteiger partial charge in [0.2, 0.25) is 0 Å². The van der Waals surface area contributed by atoms with Crippen molar-refractivity contribution in [3.63, 3.8) is 0 Å². The molecule has 0 radical (unpaired) electrons. The predicted octanol–water partition coefficient (Wildman–Crippen LogP) is 3.63. The van der Waals surface area contributed by atoms with Crippen LogP contribution in [0.25, 0.3) is 16.7 Å². The number of benzene rings is 2. The van der Waals surface area contributed by atoms with E-state index in [2.05, 4.69) is 10.3 Å². The second kappa shape index (κ2) is 7.86. The number of anilines is 1. The van der Waals surface area contributed by atoms with Crippen LogP contribution in [0.2, 0.25) is 0 Å². The van der Waals surface area contributed by atoms with Gasteiger partial charge in [0.15, 0.2) is 17.3 Å². The molecule has 0 spiro atoms. The molecule has 31 heavy (non-hydrogen) atoms. The second-order valence-electron chi connectivity index (χ2n) is 6.52. The number of fused-ring (bicyclic) bond motifs is 1. The van der Waals surface area contributed by atoms with E-state index in [1.54, 1.807) is 30.3 Å². The molecular weight excluding hydrogens is 408 g/mol. The van der Waals surface area contributed by atoms with Crippen LogP contribution in [0, 0.1) is 11.6 Å². The molecular formula is C22H15F2N3O4. The van der Waals surface area contributed by atoms with Gasteiger partial charge in [-0.1, -0.05) is 0 Å². The van der Waals surface area contributed by atoms with Crippen LogP contribution in [-0.2, 0) is 0 Å². The van der Waals surface area contributed by atoms with E-state index in [1.807, 2.05) is 0 Å². The van der Waals surface area contributed by atoms with Gasteiger partial charge in [-0.25, -0.2) is 13.8 Å². The maximum atomic E-state index is 13.5. The third kappa shape index (κ3) is 3.57. The summed E-state index contributed by atoms with van der Waals surface area (Å²) < 4.78 is 32.9. The van der Waals surface area contributed by atoms with Gasteiger partial charge in [0.25, 0.3) is 11.5 Å². The molecule has 0 aliphatic rings. The molecule has 0 aliphatic heterocycles. The van der Waals surface area contributed by atoms with Crippen molar-refractivity contribution in [1.29, 1.82) is 0 Å². The van der Waals surface area contributed by atoms with Gasteiger partial charge >= 0.3 is 0 Å². The lowest BCUT2D eigenvalue weighted by molar-refractivity contribution is 0.102. The quantitative estimate of drug-likeness (QED) is 0.523. The third-order valence-electron chi connectivity index (χ3n) is 4.64. The molecule has 1 amide bonds. The molecule has 2 heterocycles. The molecule has 0 saturated heterocycles. The fourth-order valence-corrected chi connectivity index (χ4v) is 3.15. The highest BCUT2D eigenvalue weighted by molar-refractivity contribution is 6.09. The van der Waals surface area contributed by atoms with Crippen molar-refractivity contribution in [3.05, 3.63) is 88.3 Å². The smallest absolute Gasteiger partial charge is 0.273 e. The van der Waals surface area contributed by atoms with E-state index < -0.39 is 34.4 Å². The summed E-state index contributed by atoms with van der Waals surface area (Å²) in [5.74, 6) is -3.25. The van der Waals surface area contributed by atoms with Crippen LogP contribution in [0.1, 0.15) is 10.4 Å². The Morgan fingerprint density at radius 3 is 2.52 bits per heavy atom. The number of carbonyl (C=O) groups is 1. The summed E-state index contributed by atoms with van der Waals surface area (Å²) in [6.45, 7) is 0. The maximum absolute atomic E-state index is 13.5. The molecule has 0 bridgehead atoms. The summed E-state index contributed by atoms with van der Waals surface area (Å²) in [7, 11) is 1.50. The molecule has 0 unspecified atom stereocenters. The molecule has 156 valence electrons. The number of methoxy groups -OCH3 is 1. The first-order valence-corrected chi connectivity index (χ1v) is 9.04. The summed E-state index contributed by atoms with van der Waals surface area (Å²) in [5, 5.41) is 13.1. The largest absolute Gasteiger partial charge is 0.506 e. The fraction of sp³-hybridized carbons (Fsp3) is 0.0455. The van der Waals surface area contributed by atoms with Crippen LogP contribution < -0.4 is 15.6 Å². The van der Waals surface area contributed by atoms with Gasteiger partial charge in [-0.15, -0.1) is 0 Å². The molecule has 0 saturated carbocycles. The Bertz CT molecular complexity index is 1370. The van der Waals surface area contributed by atoms with Gasteiger partial charge < -0.3 is 15.2 Å². The van der Waals surface area contributed by atoms with Crippen LogP contribution in [-0.4, -0.2) is 27.7 Å². The monoisotopic (exact) mass is 423 g/mol. The Morgan fingerprint density at radius 2 is 1.84 bits per heavy atom. The first-order valence-electron chi connectivity index (χ1n) is 9.04. The molecule has 0 fully saturated rings. The Labute approximate surface area is 174 Å². The van der Waals surface area contributed by atoms with Crippen molar-refractivity contribution >= 4 is 22.6 Å². The fourth-order valence-electron chi connectivity index (χ4n) is 3.15. The molecule has 2 aromatic heterocycles. The van der Waals surface area contributed by atoms with Gasteiger partial charge in [-0.2, -0.15) is 0 Å². The van der Waals surface area contributed by atoms with E-state index in [4.69, 9.17) is 4.74 Å². The standard InChI is InChI=1S/C22H15F2N3O4/c1-31-14-7-5-13(6-8-14)27-20-15(3-2-10-25-20)19(28)18(22(27)30)21(29)26-12-4-9-16(23)17(24)11-12/h2-11,28H,1H3,(H,26,29). The molecule has 4 rings (SSSR count). The summed E-state index contributed by atoms with van der Waals surface area (Å²) in [6, 6.07) is 12.3. The highest BCUT2D eigenvalue weighted by Crippen LogP contribution is 2.28. The van der Waals surface area contributed by atoms with Gasteiger partial charge in [-0.05, 0) is 48.5 Å². The number of aromatic nitrogens is 2. The zero-order valence-electron chi connectivity index (χ0n) is 16.1. The lowest BCUT2D eigenvalue weighted by atomic mass is 10.1. The summed E-state index contributed by atoms with van der Waals surface area (Å²) >= 11 is 0.